The third-order valence-electron chi connectivity index (χ3n) is 7.66. The van der Waals surface area contributed by atoms with E-state index in [1.54, 1.807) is 0 Å². The fraction of sp³-hybridized carbons (Fsp3) is 0.950. The largest absolute Gasteiger partial charge is 0.465 e. The molecule has 0 amide bonds. The third kappa shape index (κ3) is 3.06. The molecule has 3 heteroatoms. The molecule has 0 heterocycles. The average molecular weight is 322 g/mol. The summed E-state index contributed by atoms with van der Waals surface area (Å²) < 4.78 is 11.2. The summed E-state index contributed by atoms with van der Waals surface area (Å²) in [5.74, 6) is 2.22. The Hall–Kier alpha value is -0.570. The van der Waals surface area contributed by atoms with Crippen LogP contribution in [0.1, 0.15) is 72.1 Å². The first kappa shape index (κ1) is 17.3. The van der Waals surface area contributed by atoms with Crippen LogP contribution in [0, 0.1) is 28.6 Å². The Morgan fingerprint density at radius 1 is 1.13 bits per heavy atom. The van der Waals surface area contributed by atoms with Gasteiger partial charge >= 0.3 is 5.97 Å². The smallest absolute Gasteiger partial charge is 0.302 e. The van der Waals surface area contributed by atoms with Gasteiger partial charge in [0, 0.05) is 19.4 Å². The average Bonchev–Trinajstić information content (AvgIpc) is 2.52. The first-order valence-corrected chi connectivity index (χ1v) is 9.55. The maximum atomic E-state index is 11.3. The minimum Gasteiger partial charge on any atom is -0.465 e. The molecule has 0 aromatic rings. The van der Waals surface area contributed by atoms with Gasteiger partial charge in [0.25, 0.3) is 0 Å². The van der Waals surface area contributed by atoms with E-state index in [1.807, 2.05) is 7.11 Å². The summed E-state index contributed by atoms with van der Waals surface area (Å²) in [4.78, 5) is 11.3. The summed E-state index contributed by atoms with van der Waals surface area (Å²) in [5, 5.41) is 0. The van der Waals surface area contributed by atoms with Gasteiger partial charge in [-0.05, 0) is 68.1 Å². The molecule has 0 aliphatic heterocycles. The zero-order valence-corrected chi connectivity index (χ0v) is 15.4. The zero-order chi connectivity index (χ0) is 16.7. The highest BCUT2D eigenvalue weighted by Gasteiger charge is 2.57. The first-order valence-electron chi connectivity index (χ1n) is 9.55. The van der Waals surface area contributed by atoms with Crippen molar-refractivity contribution in [2.24, 2.45) is 28.6 Å². The number of ether oxygens (including phenoxy) is 2. The van der Waals surface area contributed by atoms with Crippen LogP contribution in [0.4, 0.5) is 0 Å². The predicted molar refractivity (Wildman–Crippen MR) is 91.1 cm³/mol. The van der Waals surface area contributed by atoms with Crippen LogP contribution in [0.15, 0.2) is 0 Å². The summed E-state index contributed by atoms with van der Waals surface area (Å²) in [7, 11) is 1.87. The van der Waals surface area contributed by atoms with Gasteiger partial charge in [-0.15, -0.1) is 0 Å². The van der Waals surface area contributed by atoms with Gasteiger partial charge in [-0.25, -0.2) is 0 Å². The van der Waals surface area contributed by atoms with Gasteiger partial charge in [-0.1, -0.05) is 20.3 Å². The summed E-state index contributed by atoms with van der Waals surface area (Å²) in [6.07, 6.45) is 10.7. The van der Waals surface area contributed by atoms with E-state index in [2.05, 4.69) is 13.8 Å². The topological polar surface area (TPSA) is 35.5 Å². The maximum absolute atomic E-state index is 11.3. The Bertz CT molecular complexity index is 448. The number of hydrogen-bond donors (Lipinski definition) is 0. The van der Waals surface area contributed by atoms with Crippen LogP contribution in [-0.2, 0) is 14.3 Å². The molecular weight excluding hydrogens is 288 g/mol. The molecule has 3 aliphatic rings. The minimum absolute atomic E-state index is 0.135. The van der Waals surface area contributed by atoms with E-state index < -0.39 is 0 Å². The standard InChI is InChI=1S/C20H34O3/c1-14(21)23-13-19(2)10-5-11-20(3)17-12-16(22-4)8-6-15(17)7-9-18(19)20/h15-18H,5-13H2,1-4H3/t15?,16?,17?,18?,19-,20?/m1/s1. The predicted octanol–water partition coefficient (Wildman–Crippen LogP) is 4.59. The summed E-state index contributed by atoms with van der Waals surface area (Å²) in [6.45, 7) is 7.05. The van der Waals surface area contributed by atoms with E-state index >= 15 is 0 Å². The van der Waals surface area contributed by atoms with Crippen LogP contribution in [0.2, 0.25) is 0 Å². The lowest BCUT2D eigenvalue weighted by molar-refractivity contribution is -0.164. The van der Waals surface area contributed by atoms with Crippen molar-refractivity contribution in [3.8, 4) is 0 Å². The summed E-state index contributed by atoms with van der Waals surface area (Å²) in [5.41, 5.74) is 0.553. The summed E-state index contributed by atoms with van der Waals surface area (Å²) >= 11 is 0. The Morgan fingerprint density at radius 2 is 1.87 bits per heavy atom. The number of esters is 1. The first-order chi connectivity index (χ1) is 10.9. The van der Waals surface area contributed by atoms with E-state index in [4.69, 9.17) is 9.47 Å². The molecule has 3 nitrogen and oxygen atoms in total. The molecule has 0 radical (unpaired) electrons. The van der Waals surface area contributed by atoms with Crippen molar-refractivity contribution >= 4 is 5.97 Å². The van der Waals surface area contributed by atoms with Gasteiger partial charge in [0.2, 0.25) is 0 Å². The maximum Gasteiger partial charge on any atom is 0.302 e. The van der Waals surface area contributed by atoms with Crippen molar-refractivity contribution in [2.45, 2.75) is 78.2 Å². The molecule has 3 aliphatic carbocycles. The lowest BCUT2D eigenvalue weighted by atomic mass is 9.44. The molecule has 3 saturated carbocycles. The number of hydrogen-bond acceptors (Lipinski definition) is 3. The van der Waals surface area contributed by atoms with Crippen LogP contribution in [0.3, 0.4) is 0 Å². The van der Waals surface area contributed by atoms with E-state index in [0.29, 0.717) is 24.0 Å². The molecule has 0 spiro atoms. The molecule has 6 atom stereocenters. The molecule has 0 saturated heterocycles. The third-order valence-corrected chi connectivity index (χ3v) is 7.66. The Balaban J connectivity index is 1.82. The highest BCUT2D eigenvalue weighted by atomic mass is 16.5. The Kier molecular flexibility index (Phi) is 4.79. The molecule has 0 aromatic carbocycles. The van der Waals surface area contributed by atoms with Gasteiger partial charge < -0.3 is 9.47 Å². The second kappa shape index (κ2) is 6.38. The van der Waals surface area contributed by atoms with Crippen molar-refractivity contribution < 1.29 is 14.3 Å². The minimum atomic E-state index is -0.135. The van der Waals surface area contributed by atoms with Crippen molar-refractivity contribution in [3.63, 3.8) is 0 Å². The molecule has 0 bridgehead atoms. The van der Waals surface area contributed by atoms with Gasteiger partial charge in [-0.3, -0.25) is 4.79 Å². The molecule has 0 N–H and O–H groups in total. The molecule has 5 unspecified atom stereocenters. The monoisotopic (exact) mass is 322 g/mol. The van der Waals surface area contributed by atoms with Gasteiger partial charge in [0.15, 0.2) is 0 Å². The lowest BCUT2D eigenvalue weighted by Gasteiger charge is -2.61. The fourth-order valence-corrected chi connectivity index (χ4v) is 6.52. The van der Waals surface area contributed by atoms with Gasteiger partial charge in [0.05, 0.1) is 12.7 Å². The van der Waals surface area contributed by atoms with E-state index in [9.17, 15) is 4.79 Å². The van der Waals surface area contributed by atoms with E-state index in [0.717, 1.165) is 11.8 Å². The molecule has 3 rings (SSSR count). The van der Waals surface area contributed by atoms with E-state index in [-0.39, 0.29) is 11.4 Å². The van der Waals surface area contributed by atoms with Gasteiger partial charge in [-0.2, -0.15) is 0 Å². The van der Waals surface area contributed by atoms with Crippen molar-refractivity contribution in [2.75, 3.05) is 13.7 Å². The highest BCUT2D eigenvalue weighted by Crippen LogP contribution is 2.63. The van der Waals surface area contributed by atoms with Crippen molar-refractivity contribution in [3.05, 3.63) is 0 Å². The number of methoxy groups -OCH3 is 1. The molecule has 0 aromatic heterocycles. The van der Waals surface area contributed by atoms with Gasteiger partial charge in [0.1, 0.15) is 0 Å². The van der Waals surface area contributed by atoms with Crippen LogP contribution < -0.4 is 0 Å². The van der Waals surface area contributed by atoms with E-state index in [1.165, 1.54) is 58.3 Å². The van der Waals surface area contributed by atoms with Crippen LogP contribution in [0.25, 0.3) is 0 Å². The Labute approximate surface area is 141 Å². The van der Waals surface area contributed by atoms with Crippen LogP contribution >= 0.6 is 0 Å². The van der Waals surface area contributed by atoms with Crippen molar-refractivity contribution in [1.82, 2.24) is 0 Å². The lowest BCUT2D eigenvalue weighted by Crippen LogP contribution is -2.55. The molecule has 3 fully saturated rings. The second-order valence-electron chi connectivity index (χ2n) is 8.96. The number of fused-ring (bicyclic) bond motifs is 3. The zero-order valence-electron chi connectivity index (χ0n) is 15.4. The quantitative estimate of drug-likeness (QED) is 0.713. The second-order valence-corrected chi connectivity index (χ2v) is 8.96. The van der Waals surface area contributed by atoms with Crippen molar-refractivity contribution in [1.29, 1.82) is 0 Å². The number of rotatable bonds is 3. The fourth-order valence-electron chi connectivity index (χ4n) is 6.52. The normalized spacial score (nSPS) is 46.6. The number of carbonyl (C=O) groups excluding carboxylic acids is 1. The molecule has 23 heavy (non-hydrogen) atoms. The SMILES string of the molecule is COC1CCC2CCC3C(C)(CCC[C@]3(C)COC(C)=O)C2C1. The van der Waals surface area contributed by atoms with Crippen LogP contribution in [0.5, 0.6) is 0 Å². The highest BCUT2D eigenvalue weighted by molar-refractivity contribution is 5.65. The van der Waals surface area contributed by atoms with Crippen LogP contribution in [-0.4, -0.2) is 25.8 Å². The molecular formula is C20H34O3. The summed E-state index contributed by atoms with van der Waals surface area (Å²) in [6, 6.07) is 0. The Morgan fingerprint density at radius 3 is 2.57 bits per heavy atom. The molecule has 132 valence electrons. The number of carbonyl (C=O) groups is 1.